The van der Waals surface area contributed by atoms with Crippen LogP contribution in [0.4, 0.5) is 0 Å². The SMILES string of the molecule is C#CC(=O)OC[C@H](C)CC. The molecule has 10 heavy (non-hydrogen) atoms. The predicted molar refractivity (Wildman–Crippen MR) is 39.2 cm³/mol. The molecule has 0 aromatic rings. The monoisotopic (exact) mass is 140 g/mol. The molecule has 2 nitrogen and oxygen atoms in total. The molecule has 0 aromatic carbocycles. The van der Waals surface area contributed by atoms with Gasteiger partial charge in [0.2, 0.25) is 0 Å². The van der Waals surface area contributed by atoms with E-state index in [1.165, 1.54) is 0 Å². The lowest BCUT2D eigenvalue weighted by Crippen LogP contribution is -2.09. The van der Waals surface area contributed by atoms with Crippen molar-refractivity contribution in [3.05, 3.63) is 0 Å². The predicted octanol–water partition coefficient (Wildman–Crippen LogP) is 1.21. The minimum absolute atomic E-state index is 0.400. The quantitative estimate of drug-likeness (QED) is 0.334. The highest BCUT2D eigenvalue weighted by molar-refractivity contribution is 5.87. The van der Waals surface area contributed by atoms with Crippen LogP contribution in [-0.2, 0) is 9.53 Å². The van der Waals surface area contributed by atoms with Gasteiger partial charge in [-0.1, -0.05) is 20.3 Å². The third-order valence-electron chi connectivity index (χ3n) is 1.31. The van der Waals surface area contributed by atoms with Crippen LogP contribution in [0.2, 0.25) is 0 Å². The summed E-state index contributed by atoms with van der Waals surface area (Å²) in [6.45, 7) is 4.47. The first-order valence-corrected chi connectivity index (χ1v) is 3.34. The number of carbonyl (C=O) groups excluding carboxylic acids is 1. The Morgan fingerprint density at radius 3 is 2.80 bits per heavy atom. The Morgan fingerprint density at radius 2 is 2.40 bits per heavy atom. The molecule has 0 radical (unpaired) electrons. The molecule has 0 N–H and O–H groups in total. The number of esters is 1. The average molecular weight is 140 g/mol. The maximum Gasteiger partial charge on any atom is 0.384 e. The van der Waals surface area contributed by atoms with Gasteiger partial charge >= 0.3 is 5.97 Å². The van der Waals surface area contributed by atoms with Crippen molar-refractivity contribution in [2.24, 2.45) is 5.92 Å². The highest BCUT2D eigenvalue weighted by Crippen LogP contribution is 1.99. The molecule has 0 unspecified atom stereocenters. The molecule has 0 spiro atoms. The van der Waals surface area contributed by atoms with Crippen LogP contribution < -0.4 is 0 Å². The van der Waals surface area contributed by atoms with Gasteiger partial charge in [-0.2, -0.15) is 0 Å². The molecule has 0 amide bonds. The molecular formula is C8H12O2. The lowest BCUT2D eigenvalue weighted by molar-refractivity contribution is -0.137. The van der Waals surface area contributed by atoms with E-state index in [1.54, 1.807) is 0 Å². The maximum absolute atomic E-state index is 10.4. The van der Waals surface area contributed by atoms with Crippen LogP contribution >= 0.6 is 0 Å². The van der Waals surface area contributed by atoms with Gasteiger partial charge in [0.1, 0.15) is 0 Å². The second kappa shape index (κ2) is 4.87. The fourth-order valence-corrected chi connectivity index (χ4v) is 0.377. The van der Waals surface area contributed by atoms with Gasteiger partial charge in [-0.25, -0.2) is 4.79 Å². The van der Waals surface area contributed by atoms with Gasteiger partial charge in [-0.15, -0.1) is 6.42 Å². The number of carbonyl (C=O) groups is 1. The molecule has 56 valence electrons. The normalized spacial score (nSPS) is 11.7. The van der Waals surface area contributed by atoms with Crippen molar-refractivity contribution < 1.29 is 9.53 Å². The molecule has 0 rings (SSSR count). The lowest BCUT2D eigenvalue weighted by Gasteiger charge is -2.05. The van der Waals surface area contributed by atoms with Crippen LogP contribution in [0.3, 0.4) is 0 Å². The van der Waals surface area contributed by atoms with Gasteiger partial charge in [-0.3, -0.25) is 0 Å². The van der Waals surface area contributed by atoms with E-state index in [-0.39, 0.29) is 0 Å². The molecule has 0 aliphatic rings. The summed E-state index contributed by atoms with van der Waals surface area (Å²) in [4.78, 5) is 10.4. The first-order chi connectivity index (χ1) is 4.70. The Hall–Kier alpha value is -0.970. The Balaban J connectivity index is 3.37. The fraction of sp³-hybridized carbons (Fsp3) is 0.625. The van der Waals surface area contributed by atoms with E-state index in [0.29, 0.717) is 12.5 Å². The summed E-state index contributed by atoms with van der Waals surface area (Å²) in [5.74, 6) is 1.71. The largest absolute Gasteiger partial charge is 0.456 e. The molecular weight excluding hydrogens is 128 g/mol. The van der Waals surface area contributed by atoms with Crippen molar-refractivity contribution in [1.29, 1.82) is 0 Å². The molecule has 2 heteroatoms. The number of terminal acetylenes is 1. The molecule has 0 saturated carbocycles. The molecule has 0 saturated heterocycles. The second-order valence-electron chi connectivity index (χ2n) is 2.26. The van der Waals surface area contributed by atoms with Gasteiger partial charge in [0.25, 0.3) is 0 Å². The van der Waals surface area contributed by atoms with E-state index in [0.717, 1.165) is 6.42 Å². The number of hydrogen-bond donors (Lipinski definition) is 0. The van der Waals surface area contributed by atoms with Crippen molar-refractivity contribution >= 4 is 5.97 Å². The van der Waals surface area contributed by atoms with Crippen LogP contribution in [0.1, 0.15) is 20.3 Å². The summed E-state index contributed by atoms with van der Waals surface area (Å²) in [5, 5.41) is 0. The number of rotatable bonds is 3. The zero-order chi connectivity index (χ0) is 7.98. The van der Waals surface area contributed by atoms with E-state index in [1.807, 2.05) is 19.8 Å². The molecule has 0 heterocycles. The smallest absolute Gasteiger partial charge is 0.384 e. The molecule has 0 aliphatic carbocycles. The van der Waals surface area contributed by atoms with E-state index < -0.39 is 5.97 Å². The summed E-state index contributed by atoms with van der Waals surface area (Å²) < 4.78 is 4.67. The van der Waals surface area contributed by atoms with E-state index in [4.69, 9.17) is 6.42 Å². The first kappa shape index (κ1) is 9.03. The zero-order valence-corrected chi connectivity index (χ0v) is 6.39. The first-order valence-electron chi connectivity index (χ1n) is 3.34. The Kier molecular flexibility index (Phi) is 4.39. The molecule has 1 atom stereocenters. The van der Waals surface area contributed by atoms with Gasteiger partial charge in [0.15, 0.2) is 0 Å². The van der Waals surface area contributed by atoms with Crippen LogP contribution in [0.25, 0.3) is 0 Å². The summed E-state index contributed by atoms with van der Waals surface area (Å²) in [5.41, 5.74) is 0. The van der Waals surface area contributed by atoms with Gasteiger partial charge in [0, 0.05) is 5.92 Å². The summed E-state index contributed by atoms with van der Waals surface area (Å²) in [6.07, 6.45) is 5.77. The Labute approximate surface area is 61.6 Å². The van der Waals surface area contributed by atoms with Crippen LogP contribution in [0.5, 0.6) is 0 Å². The fourth-order valence-electron chi connectivity index (χ4n) is 0.377. The molecule has 0 bridgehead atoms. The van der Waals surface area contributed by atoms with Crippen molar-refractivity contribution in [3.8, 4) is 12.3 Å². The molecule has 0 aromatic heterocycles. The van der Waals surface area contributed by atoms with Crippen molar-refractivity contribution in [2.75, 3.05) is 6.61 Å². The van der Waals surface area contributed by atoms with Crippen molar-refractivity contribution in [1.82, 2.24) is 0 Å². The van der Waals surface area contributed by atoms with Crippen LogP contribution in [-0.4, -0.2) is 12.6 Å². The lowest BCUT2D eigenvalue weighted by atomic mass is 10.1. The highest BCUT2D eigenvalue weighted by atomic mass is 16.5. The van der Waals surface area contributed by atoms with Gasteiger partial charge in [0.05, 0.1) is 6.61 Å². The van der Waals surface area contributed by atoms with Gasteiger partial charge < -0.3 is 4.74 Å². The minimum Gasteiger partial charge on any atom is -0.456 e. The number of ether oxygens (including phenoxy) is 1. The van der Waals surface area contributed by atoms with Crippen molar-refractivity contribution in [3.63, 3.8) is 0 Å². The number of hydrogen-bond acceptors (Lipinski definition) is 2. The van der Waals surface area contributed by atoms with Crippen LogP contribution in [0.15, 0.2) is 0 Å². The third kappa shape index (κ3) is 3.96. The minimum atomic E-state index is -0.569. The highest BCUT2D eigenvalue weighted by Gasteiger charge is 2.01. The summed E-state index contributed by atoms with van der Waals surface area (Å²) in [6, 6.07) is 0. The van der Waals surface area contributed by atoms with E-state index >= 15 is 0 Å². The Morgan fingerprint density at radius 1 is 1.80 bits per heavy atom. The zero-order valence-electron chi connectivity index (χ0n) is 6.39. The Bertz CT molecular complexity index is 144. The average Bonchev–Trinajstić information content (AvgIpc) is 1.99. The van der Waals surface area contributed by atoms with E-state index in [2.05, 4.69) is 4.74 Å². The third-order valence-corrected chi connectivity index (χ3v) is 1.31. The standard InChI is InChI=1S/C8H12O2/c1-4-7(3)6-10-8(9)5-2/h2,7H,4,6H2,1,3H3/t7-/m1/s1. The summed E-state index contributed by atoms with van der Waals surface area (Å²) >= 11 is 0. The second-order valence-corrected chi connectivity index (χ2v) is 2.26. The van der Waals surface area contributed by atoms with E-state index in [9.17, 15) is 4.79 Å². The topological polar surface area (TPSA) is 26.3 Å². The van der Waals surface area contributed by atoms with Crippen molar-refractivity contribution in [2.45, 2.75) is 20.3 Å². The maximum atomic E-state index is 10.4. The van der Waals surface area contributed by atoms with Gasteiger partial charge in [-0.05, 0) is 5.92 Å². The summed E-state index contributed by atoms with van der Waals surface area (Å²) in [7, 11) is 0. The van der Waals surface area contributed by atoms with Crippen LogP contribution in [0, 0.1) is 18.3 Å². The molecule has 0 fully saturated rings. The molecule has 0 aliphatic heterocycles.